The second kappa shape index (κ2) is 13.5. The third-order valence-corrected chi connectivity index (χ3v) is 6.93. The predicted octanol–water partition coefficient (Wildman–Crippen LogP) is 0.645. The molecule has 0 spiro atoms. The minimum Gasteiger partial charge on any atom is -0.338 e. The van der Waals surface area contributed by atoms with Crippen LogP contribution in [0.2, 0.25) is 0 Å². The first-order valence-electron chi connectivity index (χ1n) is 12.6. The number of nitrogens with one attached hydrogen (secondary N) is 1. The minimum absolute atomic E-state index is 0. The zero-order chi connectivity index (χ0) is 25.5. The molecule has 2 saturated heterocycles. The quantitative estimate of drug-likeness (QED) is 0.495. The van der Waals surface area contributed by atoms with Gasteiger partial charge in [-0.2, -0.15) is 4.98 Å². The summed E-state index contributed by atoms with van der Waals surface area (Å²) in [6.45, 7) is 4.76. The van der Waals surface area contributed by atoms with Crippen molar-refractivity contribution >= 4 is 30.2 Å². The van der Waals surface area contributed by atoms with E-state index >= 15 is 0 Å². The van der Waals surface area contributed by atoms with Crippen LogP contribution in [0.25, 0.3) is 5.69 Å². The molecule has 2 aromatic rings. The Hall–Kier alpha value is -2.99. The molecule has 202 valence electrons. The molecule has 0 aliphatic carbocycles. The summed E-state index contributed by atoms with van der Waals surface area (Å²) in [6, 6.07) is 9.48. The van der Waals surface area contributed by atoms with E-state index < -0.39 is 5.69 Å². The van der Waals surface area contributed by atoms with Gasteiger partial charge in [0.1, 0.15) is 5.82 Å². The van der Waals surface area contributed by atoms with Gasteiger partial charge < -0.3 is 26.2 Å². The Morgan fingerprint density at radius 3 is 2.35 bits per heavy atom. The predicted molar refractivity (Wildman–Crippen MR) is 145 cm³/mol. The van der Waals surface area contributed by atoms with Crippen LogP contribution in [0.4, 0.5) is 10.6 Å². The molecule has 0 radical (unpaired) electrons. The minimum atomic E-state index is -0.472. The molecule has 0 bridgehead atoms. The van der Waals surface area contributed by atoms with E-state index in [2.05, 4.69) is 15.2 Å². The van der Waals surface area contributed by atoms with E-state index in [0.717, 1.165) is 51.0 Å². The van der Waals surface area contributed by atoms with Crippen molar-refractivity contribution in [1.82, 2.24) is 24.3 Å². The second-order valence-electron chi connectivity index (χ2n) is 9.42. The third kappa shape index (κ3) is 7.75. The highest BCUT2D eigenvalue weighted by molar-refractivity contribution is 5.88. The summed E-state index contributed by atoms with van der Waals surface area (Å²) in [5.41, 5.74) is 12.9. The third-order valence-electron chi connectivity index (χ3n) is 6.93. The number of piperazine rings is 1. The van der Waals surface area contributed by atoms with Crippen LogP contribution in [0, 0.1) is 0 Å². The number of aromatic nitrogens is 2. The lowest BCUT2D eigenvalue weighted by atomic mass is 10.1. The molecular formula is C25H37ClN8O3. The summed E-state index contributed by atoms with van der Waals surface area (Å²) in [5, 5.41) is 2.68. The van der Waals surface area contributed by atoms with E-state index in [4.69, 9.17) is 11.5 Å². The van der Waals surface area contributed by atoms with Crippen molar-refractivity contribution in [1.29, 1.82) is 0 Å². The number of likely N-dealkylation sites (tertiary alicyclic amines) is 1. The molecule has 2 aliphatic heterocycles. The Morgan fingerprint density at radius 2 is 1.68 bits per heavy atom. The fourth-order valence-electron chi connectivity index (χ4n) is 4.66. The molecule has 0 saturated carbocycles. The lowest BCUT2D eigenvalue weighted by Gasteiger charge is -2.34. The number of benzene rings is 1. The van der Waals surface area contributed by atoms with E-state index in [1.165, 1.54) is 10.1 Å². The molecule has 3 heterocycles. The molecule has 1 unspecified atom stereocenters. The number of carbonyl (C=O) groups is 2. The largest absolute Gasteiger partial charge is 0.354 e. The number of rotatable bonds is 6. The van der Waals surface area contributed by atoms with Gasteiger partial charge in [-0.1, -0.05) is 12.1 Å². The number of anilines is 1. The van der Waals surface area contributed by atoms with E-state index in [1.807, 2.05) is 24.3 Å². The summed E-state index contributed by atoms with van der Waals surface area (Å²) >= 11 is 0. The monoisotopic (exact) mass is 532 g/mol. The van der Waals surface area contributed by atoms with Crippen LogP contribution in [0.3, 0.4) is 0 Å². The Kier molecular flexibility index (Phi) is 10.4. The van der Waals surface area contributed by atoms with Gasteiger partial charge in [0, 0.05) is 45.0 Å². The van der Waals surface area contributed by atoms with Gasteiger partial charge in [-0.3, -0.25) is 14.7 Å². The van der Waals surface area contributed by atoms with Gasteiger partial charge in [0.05, 0.1) is 12.2 Å². The highest BCUT2D eigenvalue weighted by Gasteiger charge is 2.23. The van der Waals surface area contributed by atoms with Gasteiger partial charge >= 0.3 is 11.7 Å². The van der Waals surface area contributed by atoms with Gasteiger partial charge in [-0.25, -0.2) is 9.59 Å². The Morgan fingerprint density at radius 1 is 0.973 bits per heavy atom. The van der Waals surface area contributed by atoms with E-state index in [1.54, 1.807) is 22.1 Å². The lowest BCUT2D eigenvalue weighted by Crippen LogP contribution is -2.52. The van der Waals surface area contributed by atoms with Gasteiger partial charge in [-0.15, -0.1) is 12.4 Å². The smallest absolute Gasteiger partial charge is 0.338 e. The number of halogens is 1. The molecule has 5 N–H and O–H groups in total. The fraction of sp³-hybridized carbons (Fsp3) is 0.520. The molecule has 2 aliphatic rings. The van der Waals surface area contributed by atoms with Crippen molar-refractivity contribution in [3.05, 3.63) is 52.6 Å². The summed E-state index contributed by atoms with van der Waals surface area (Å²) in [4.78, 5) is 46.6. The molecular weight excluding hydrogens is 496 g/mol. The number of amides is 3. The number of hydrogen-bond acceptors (Lipinski definition) is 7. The molecule has 11 nitrogen and oxygen atoms in total. The van der Waals surface area contributed by atoms with Crippen molar-refractivity contribution in [3.8, 4) is 5.69 Å². The van der Waals surface area contributed by atoms with E-state index in [9.17, 15) is 14.4 Å². The van der Waals surface area contributed by atoms with Gasteiger partial charge in [0.2, 0.25) is 5.91 Å². The summed E-state index contributed by atoms with van der Waals surface area (Å²) in [6.07, 6.45) is 5.86. The summed E-state index contributed by atoms with van der Waals surface area (Å²) < 4.78 is 1.45. The van der Waals surface area contributed by atoms with Crippen molar-refractivity contribution in [2.24, 2.45) is 11.5 Å². The molecule has 3 amide bonds. The summed E-state index contributed by atoms with van der Waals surface area (Å²) in [7, 11) is 0. The Bertz CT molecular complexity index is 1100. The van der Waals surface area contributed by atoms with Gasteiger partial charge in [0.15, 0.2) is 0 Å². The lowest BCUT2D eigenvalue weighted by molar-refractivity contribution is -0.131. The van der Waals surface area contributed by atoms with Crippen LogP contribution >= 0.6 is 12.4 Å². The first-order chi connectivity index (χ1) is 17.4. The SMILES string of the molecule is Cl.NCC(=O)N1CCN(C(=O)Nc2ccn(-c3ccc(CCN4CCCC(N)CC4)cc3)c(=O)n2)CC1. The van der Waals surface area contributed by atoms with Crippen LogP contribution in [0.15, 0.2) is 41.3 Å². The molecule has 12 heteroatoms. The number of hydrogen-bond donors (Lipinski definition) is 3. The van der Waals surface area contributed by atoms with Crippen molar-refractivity contribution in [3.63, 3.8) is 0 Å². The van der Waals surface area contributed by atoms with Crippen LogP contribution in [-0.4, -0.2) is 94.6 Å². The molecule has 1 aromatic carbocycles. The van der Waals surface area contributed by atoms with Gasteiger partial charge in [-0.05, 0) is 62.5 Å². The van der Waals surface area contributed by atoms with Crippen LogP contribution in [0.1, 0.15) is 24.8 Å². The average molecular weight is 533 g/mol. The molecule has 2 fully saturated rings. The number of nitrogens with zero attached hydrogens (tertiary/aromatic N) is 5. The van der Waals surface area contributed by atoms with Crippen molar-refractivity contribution in [2.45, 2.75) is 31.7 Å². The normalized spacial score (nSPS) is 18.6. The molecule has 1 atom stereocenters. The zero-order valence-electron chi connectivity index (χ0n) is 21.1. The van der Waals surface area contributed by atoms with Crippen LogP contribution in [0.5, 0.6) is 0 Å². The fourth-order valence-corrected chi connectivity index (χ4v) is 4.66. The van der Waals surface area contributed by atoms with Crippen molar-refractivity contribution < 1.29 is 9.59 Å². The maximum absolute atomic E-state index is 12.6. The second-order valence-corrected chi connectivity index (χ2v) is 9.42. The first-order valence-corrected chi connectivity index (χ1v) is 12.6. The standard InChI is InChI=1S/C25H36N8O3.ClH/c26-18-23(34)31-14-16-32(17-15-31)24(35)28-22-9-13-33(25(36)29-22)21-5-3-19(4-6-21)7-11-30-10-1-2-20(27)8-12-30;/h3-6,9,13,20H,1-2,7-8,10-12,14-18,26-27H2,(H,28,29,35,36);1H. The topological polar surface area (TPSA) is 143 Å². The van der Waals surface area contributed by atoms with E-state index in [0.29, 0.717) is 32.2 Å². The van der Waals surface area contributed by atoms with Crippen LogP contribution in [-0.2, 0) is 11.2 Å². The van der Waals surface area contributed by atoms with Crippen molar-refractivity contribution in [2.75, 3.05) is 57.7 Å². The number of nitrogens with two attached hydrogens (primary N) is 2. The maximum Gasteiger partial charge on any atom is 0.354 e. The average Bonchev–Trinajstić information content (AvgIpc) is 3.11. The highest BCUT2D eigenvalue weighted by Crippen LogP contribution is 2.13. The maximum atomic E-state index is 12.6. The van der Waals surface area contributed by atoms with E-state index in [-0.39, 0.29) is 36.7 Å². The molecule has 37 heavy (non-hydrogen) atoms. The number of carbonyl (C=O) groups excluding carboxylic acids is 2. The molecule has 1 aromatic heterocycles. The van der Waals surface area contributed by atoms with Crippen LogP contribution < -0.4 is 22.5 Å². The Labute approximate surface area is 223 Å². The highest BCUT2D eigenvalue weighted by atomic mass is 35.5. The summed E-state index contributed by atoms with van der Waals surface area (Å²) in [5.74, 6) is 0.0616. The van der Waals surface area contributed by atoms with Gasteiger partial charge in [0.25, 0.3) is 0 Å². The zero-order valence-corrected chi connectivity index (χ0v) is 21.9. The number of urea groups is 1. The Balaban J connectivity index is 0.00000380. The first kappa shape index (κ1) is 28.6. The molecule has 4 rings (SSSR count).